The molecule has 2 unspecified atom stereocenters. The van der Waals surface area contributed by atoms with Crippen molar-refractivity contribution in [3.8, 4) is 0 Å². The molecular weight excluding hydrogens is 212 g/mol. The molecule has 0 radical (unpaired) electrons. The Morgan fingerprint density at radius 2 is 2.00 bits per heavy atom. The molecule has 1 aromatic rings. The molecule has 0 bridgehead atoms. The highest BCUT2D eigenvalue weighted by molar-refractivity contribution is 5.13. The van der Waals surface area contributed by atoms with Gasteiger partial charge in [0.1, 0.15) is 0 Å². The summed E-state index contributed by atoms with van der Waals surface area (Å²) in [6, 6.07) is 10.3. The second-order valence-electron chi connectivity index (χ2n) is 5.01. The van der Waals surface area contributed by atoms with Gasteiger partial charge in [-0.2, -0.15) is 0 Å². The number of benzene rings is 1. The molecular formula is C15H22O2. The Hall–Kier alpha value is -0.860. The van der Waals surface area contributed by atoms with E-state index in [9.17, 15) is 5.11 Å². The van der Waals surface area contributed by atoms with Gasteiger partial charge in [0.2, 0.25) is 0 Å². The lowest BCUT2D eigenvalue weighted by atomic mass is 9.85. The Morgan fingerprint density at radius 3 is 2.76 bits per heavy atom. The Balaban J connectivity index is 1.60. The quantitative estimate of drug-likeness (QED) is 0.793. The van der Waals surface area contributed by atoms with Crippen LogP contribution in [-0.4, -0.2) is 17.8 Å². The molecule has 1 N–H and O–H groups in total. The van der Waals surface area contributed by atoms with Crippen LogP contribution in [0.5, 0.6) is 0 Å². The highest BCUT2D eigenvalue weighted by Crippen LogP contribution is 2.26. The third kappa shape index (κ3) is 4.49. The van der Waals surface area contributed by atoms with Gasteiger partial charge < -0.3 is 9.84 Å². The molecule has 0 amide bonds. The third-order valence-corrected chi connectivity index (χ3v) is 3.54. The molecule has 1 aliphatic carbocycles. The van der Waals surface area contributed by atoms with Crippen LogP contribution in [0.1, 0.15) is 37.7 Å². The minimum absolute atomic E-state index is 0.0668. The maximum Gasteiger partial charge on any atom is 0.0716 e. The molecule has 0 spiro atoms. The first-order chi connectivity index (χ1) is 8.34. The van der Waals surface area contributed by atoms with Crippen molar-refractivity contribution in [3.05, 3.63) is 35.9 Å². The molecule has 94 valence electrons. The van der Waals surface area contributed by atoms with E-state index >= 15 is 0 Å². The highest BCUT2D eigenvalue weighted by atomic mass is 16.5. The van der Waals surface area contributed by atoms with Crippen molar-refractivity contribution in [1.29, 1.82) is 0 Å². The van der Waals surface area contributed by atoms with Crippen molar-refractivity contribution >= 4 is 0 Å². The van der Waals surface area contributed by atoms with Crippen LogP contribution in [0.25, 0.3) is 0 Å². The number of hydrogen-bond acceptors (Lipinski definition) is 2. The van der Waals surface area contributed by atoms with Gasteiger partial charge in [-0.3, -0.25) is 0 Å². The first-order valence-corrected chi connectivity index (χ1v) is 6.64. The molecule has 0 aliphatic heterocycles. The molecule has 2 atom stereocenters. The van der Waals surface area contributed by atoms with E-state index in [1.165, 1.54) is 18.4 Å². The van der Waals surface area contributed by atoms with Crippen LogP contribution in [0.4, 0.5) is 0 Å². The van der Waals surface area contributed by atoms with Crippen LogP contribution < -0.4 is 0 Å². The van der Waals surface area contributed by atoms with Crippen molar-refractivity contribution in [2.75, 3.05) is 6.61 Å². The van der Waals surface area contributed by atoms with E-state index in [1.807, 2.05) is 18.2 Å². The number of hydrogen-bond donors (Lipinski definition) is 1. The van der Waals surface area contributed by atoms with Gasteiger partial charge in [0.05, 0.1) is 12.7 Å². The predicted octanol–water partition coefficient (Wildman–Crippen LogP) is 3.14. The topological polar surface area (TPSA) is 29.5 Å². The van der Waals surface area contributed by atoms with Gasteiger partial charge in [0, 0.05) is 6.61 Å². The van der Waals surface area contributed by atoms with E-state index in [1.54, 1.807) is 0 Å². The van der Waals surface area contributed by atoms with Crippen LogP contribution in [0, 0.1) is 5.92 Å². The smallest absolute Gasteiger partial charge is 0.0716 e. The average molecular weight is 234 g/mol. The fraction of sp³-hybridized carbons (Fsp3) is 0.600. The van der Waals surface area contributed by atoms with Gasteiger partial charge in [-0.05, 0) is 30.7 Å². The molecule has 2 rings (SSSR count). The first kappa shape index (κ1) is 12.6. The minimum atomic E-state index is -0.0668. The van der Waals surface area contributed by atoms with E-state index in [2.05, 4.69) is 12.1 Å². The highest BCUT2D eigenvalue weighted by Gasteiger charge is 2.19. The molecule has 0 aromatic heterocycles. The minimum Gasteiger partial charge on any atom is -0.393 e. The molecule has 2 heteroatoms. The lowest BCUT2D eigenvalue weighted by molar-refractivity contribution is 0.0677. The maximum atomic E-state index is 9.57. The van der Waals surface area contributed by atoms with Crippen molar-refractivity contribution in [2.45, 2.75) is 44.8 Å². The normalized spacial score (nSPS) is 24.8. The Bertz CT molecular complexity index is 310. The Morgan fingerprint density at radius 1 is 1.18 bits per heavy atom. The number of aliphatic hydroxyl groups is 1. The zero-order valence-corrected chi connectivity index (χ0v) is 10.3. The number of rotatable bonds is 5. The molecule has 0 saturated heterocycles. The van der Waals surface area contributed by atoms with Crippen LogP contribution in [0.3, 0.4) is 0 Å². The lowest BCUT2D eigenvalue weighted by Crippen LogP contribution is -2.20. The predicted molar refractivity (Wildman–Crippen MR) is 68.7 cm³/mol. The summed E-state index contributed by atoms with van der Waals surface area (Å²) in [5, 5.41) is 9.57. The monoisotopic (exact) mass is 234 g/mol. The zero-order valence-electron chi connectivity index (χ0n) is 10.3. The van der Waals surface area contributed by atoms with Crippen LogP contribution >= 0.6 is 0 Å². The molecule has 17 heavy (non-hydrogen) atoms. The second-order valence-corrected chi connectivity index (χ2v) is 5.01. The summed E-state index contributed by atoms with van der Waals surface area (Å²) in [5.74, 6) is 0.662. The summed E-state index contributed by atoms with van der Waals surface area (Å²) in [4.78, 5) is 0. The van der Waals surface area contributed by atoms with Gasteiger partial charge >= 0.3 is 0 Å². The largest absolute Gasteiger partial charge is 0.393 e. The second kappa shape index (κ2) is 6.77. The summed E-state index contributed by atoms with van der Waals surface area (Å²) < 4.78 is 5.68. The van der Waals surface area contributed by atoms with Crippen LogP contribution in [0.2, 0.25) is 0 Å². The summed E-state index contributed by atoms with van der Waals surface area (Å²) in [7, 11) is 0. The summed E-state index contributed by atoms with van der Waals surface area (Å²) in [5.41, 5.74) is 1.23. The number of ether oxygens (including phenoxy) is 1. The number of aliphatic hydroxyl groups excluding tert-OH is 1. The lowest BCUT2D eigenvalue weighted by Gasteiger charge is -2.25. The molecule has 1 aromatic carbocycles. The molecule has 1 saturated carbocycles. The van der Waals surface area contributed by atoms with Crippen molar-refractivity contribution in [3.63, 3.8) is 0 Å². The standard InChI is InChI=1S/C15H22O2/c16-15-8-4-7-13(11-15)9-10-17-12-14-5-2-1-3-6-14/h1-3,5-6,13,15-16H,4,7-12H2. The first-order valence-electron chi connectivity index (χ1n) is 6.64. The Labute approximate surface area is 104 Å². The third-order valence-electron chi connectivity index (χ3n) is 3.54. The average Bonchev–Trinajstić information content (AvgIpc) is 2.36. The van der Waals surface area contributed by atoms with Gasteiger partial charge in [-0.1, -0.05) is 43.2 Å². The molecule has 1 fully saturated rings. The molecule has 0 heterocycles. The van der Waals surface area contributed by atoms with Crippen LogP contribution in [0.15, 0.2) is 30.3 Å². The SMILES string of the molecule is OC1CCCC(CCOCc2ccccc2)C1. The van der Waals surface area contributed by atoms with E-state index in [0.29, 0.717) is 12.5 Å². The summed E-state index contributed by atoms with van der Waals surface area (Å²) >= 11 is 0. The zero-order chi connectivity index (χ0) is 11.9. The molecule has 2 nitrogen and oxygen atoms in total. The van der Waals surface area contributed by atoms with Gasteiger partial charge in [0.25, 0.3) is 0 Å². The van der Waals surface area contributed by atoms with Crippen molar-refractivity contribution < 1.29 is 9.84 Å². The van der Waals surface area contributed by atoms with E-state index in [0.717, 1.165) is 25.9 Å². The summed E-state index contributed by atoms with van der Waals surface area (Å²) in [6.45, 7) is 1.52. The Kier molecular flexibility index (Phi) is 5.02. The van der Waals surface area contributed by atoms with Crippen molar-refractivity contribution in [2.24, 2.45) is 5.92 Å². The van der Waals surface area contributed by atoms with Gasteiger partial charge in [-0.25, -0.2) is 0 Å². The van der Waals surface area contributed by atoms with Gasteiger partial charge in [0.15, 0.2) is 0 Å². The van der Waals surface area contributed by atoms with Crippen LogP contribution in [-0.2, 0) is 11.3 Å². The molecule has 1 aliphatic rings. The van der Waals surface area contributed by atoms with E-state index in [4.69, 9.17) is 4.74 Å². The fourth-order valence-electron chi connectivity index (χ4n) is 2.54. The summed E-state index contributed by atoms with van der Waals surface area (Å²) in [6.07, 6.45) is 5.40. The van der Waals surface area contributed by atoms with Gasteiger partial charge in [-0.15, -0.1) is 0 Å². The van der Waals surface area contributed by atoms with E-state index < -0.39 is 0 Å². The maximum absolute atomic E-state index is 9.57. The van der Waals surface area contributed by atoms with Crippen molar-refractivity contribution in [1.82, 2.24) is 0 Å². The fourth-order valence-corrected chi connectivity index (χ4v) is 2.54. The van der Waals surface area contributed by atoms with E-state index in [-0.39, 0.29) is 6.10 Å².